The van der Waals surface area contributed by atoms with Crippen LogP contribution in [0.2, 0.25) is 5.02 Å². The third-order valence-electron chi connectivity index (χ3n) is 3.76. The second kappa shape index (κ2) is 9.01. The number of nitrogens with one attached hydrogen (secondary N) is 1. The molecule has 0 fully saturated rings. The van der Waals surface area contributed by atoms with E-state index in [1.165, 1.54) is 17.8 Å². The molecule has 3 rings (SSSR count). The first-order valence-corrected chi connectivity index (χ1v) is 9.73. The topological polar surface area (TPSA) is 68.0 Å². The maximum Gasteiger partial charge on any atom is 0.246 e. The number of benzene rings is 2. The van der Waals surface area contributed by atoms with Gasteiger partial charge in [-0.1, -0.05) is 52.7 Å². The first kappa shape index (κ1) is 19.4. The quantitative estimate of drug-likeness (QED) is 0.631. The second-order valence-corrected chi connectivity index (χ2v) is 7.24. The SMILES string of the molecule is Cc1ccc(-c2noc(CNC(=O)CSCc3c(F)cccc3Cl)n2)cc1. The van der Waals surface area contributed by atoms with Gasteiger partial charge in [0, 0.05) is 21.9 Å². The summed E-state index contributed by atoms with van der Waals surface area (Å²) in [6, 6.07) is 12.3. The first-order chi connectivity index (χ1) is 13.0. The monoisotopic (exact) mass is 405 g/mol. The number of hydrogen-bond donors (Lipinski definition) is 1. The van der Waals surface area contributed by atoms with Crippen molar-refractivity contribution in [3.8, 4) is 11.4 Å². The van der Waals surface area contributed by atoms with Gasteiger partial charge in [-0.3, -0.25) is 4.79 Å². The second-order valence-electron chi connectivity index (χ2n) is 5.85. The summed E-state index contributed by atoms with van der Waals surface area (Å²) < 4.78 is 18.8. The van der Waals surface area contributed by atoms with E-state index in [0.29, 0.717) is 28.1 Å². The summed E-state index contributed by atoms with van der Waals surface area (Å²) in [5, 5.41) is 6.98. The van der Waals surface area contributed by atoms with Gasteiger partial charge in [0.15, 0.2) is 0 Å². The van der Waals surface area contributed by atoms with Crippen LogP contribution in [-0.4, -0.2) is 21.8 Å². The molecule has 0 aliphatic rings. The standard InChI is InChI=1S/C19H17ClFN3O2S/c1-12-5-7-13(8-6-12)19-23-18(26-24-19)9-22-17(25)11-27-10-14-15(20)3-2-4-16(14)21/h2-8H,9-11H2,1H3,(H,22,25). The minimum Gasteiger partial charge on any atom is -0.346 e. The Morgan fingerprint density at radius 2 is 2.04 bits per heavy atom. The van der Waals surface area contributed by atoms with Gasteiger partial charge in [0.2, 0.25) is 17.6 Å². The molecule has 1 N–H and O–H groups in total. The fourth-order valence-corrected chi connectivity index (χ4v) is 3.48. The van der Waals surface area contributed by atoms with E-state index in [4.69, 9.17) is 16.1 Å². The number of hydrogen-bond acceptors (Lipinski definition) is 5. The van der Waals surface area contributed by atoms with Crippen LogP contribution in [0.4, 0.5) is 4.39 Å². The first-order valence-electron chi connectivity index (χ1n) is 8.20. The van der Waals surface area contributed by atoms with Crippen LogP contribution in [0.5, 0.6) is 0 Å². The summed E-state index contributed by atoms with van der Waals surface area (Å²) in [5.74, 6) is 0.706. The summed E-state index contributed by atoms with van der Waals surface area (Å²) in [6.07, 6.45) is 0. The Bertz CT molecular complexity index is 911. The molecule has 0 aliphatic carbocycles. The minimum absolute atomic E-state index is 0.138. The van der Waals surface area contributed by atoms with E-state index in [2.05, 4.69) is 15.5 Å². The molecular formula is C19H17ClFN3O2S. The number of nitrogens with zero attached hydrogens (tertiary/aromatic N) is 2. The molecule has 1 aromatic heterocycles. The Balaban J connectivity index is 1.46. The summed E-state index contributed by atoms with van der Waals surface area (Å²) in [7, 11) is 0. The summed E-state index contributed by atoms with van der Waals surface area (Å²) >= 11 is 7.24. The van der Waals surface area contributed by atoms with Gasteiger partial charge in [-0.05, 0) is 19.1 Å². The Hall–Kier alpha value is -2.38. The van der Waals surface area contributed by atoms with Crippen LogP contribution in [-0.2, 0) is 17.1 Å². The van der Waals surface area contributed by atoms with Crippen LogP contribution in [0, 0.1) is 12.7 Å². The largest absolute Gasteiger partial charge is 0.346 e. The molecule has 2 aromatic carbocycles. The number of carbonyl (C=O) groups excluding carboxylic acids is 1. The summed E-state index contributed by atoms with van der Waals surface area (Å²) in [4.78, 5) is 16.2. The molecular weight excluding hydrogens is 389 g/mol. The molecule has 8 heteroatoms. The lowest BCUT2D eigenvalue weighted by molar-refractivity contribution is -0.118. The molecule has 0 saturated carbocycles. The molecule has 0 radical (unpaired) electrons. The van der Waals surface area contributed by atoms with Crippen molar-refractivity contribution in [2.75, 3.05) is 5.75 Å². The molecule has 0 aliphatic heterocycles. The maximum absolute atomic E-state index is 13.7. The Labute approximate surface area is 165 Å². The highest BCUT2D eigenvalue weighted by Gasteiger charge is 2.11. The molecule has 0 saturated heterocycles. The molecule has 27 heavy (non-hydrogen) atoms. The summed E-state index contributed by atoms with van der Waals surface area (Å²) in [5.41, 5.74) is 2.39. The van der Waals surface area contributed by atoms with E-state index in [9.17, 15) is 9.18 Å². The van der Waals surface area contributed by atoms with Gasteiger partial charge in [-0.25, -0.2) is 4.39 Å². The number of aryl methyl sites for hydroxylation is 1. The molecule has 0 unspecified atom stereocenters. The zero-order valence-corrected chi connectivity index (χ0v) is 16.1. The average molecular weight is 406 g/mol. The fraction of sp³-hybridized carbons (Fsp3) is 0.211. The van der Waals surface area contributed by atoms with E-state index in [1.54, 1.807) is 12.1 Å². The molecule has 0 spiro atoms. The summed E-state index contributed by atoms with van der Waals surface area (Å²) in [6.45, 7) is 2.14. The van der Waals surface area contributed by atoms with Gasteiger partial charge in [0.1, 0.15) is 5.82 Å². The highest BCUT2D eigenvalue weighted by Crippen LogP contribution is 2.23. The van der Waals surface area contributed by atoms with Crippen LogP contribution in [0.3, 0.4) is 0 Å². The van der Waals surface area contributed by atoms with Crippen LogP contribution < -0.4 is 5.32 Å². The Kier molecular flexibility index (Phi) is 6.47. The lowest BCUT2D eigenvalue weighted by Gasteiger charge is -2.06. The lowest BCUT2D eigenvalue weighted by Crippen LogP contribution is -2.24. The van der Waals surface area contributed by atoms with Gasteiger partial charge in [-0.2, -0.15) is 4.98 Å². The van der Waals surface area contributed by atoms with Gasteiger partial charge < -0.3 is 9.84 Å². The zero-order chi connectivity index (χ0) is 19.2. The van der Waals surface area contributed by atoms with Crippen LogP contribution >= 0.6 is 23.4 Å². The Morgan fingerprint density at radius 1 is 1.26 bits per heavy atom. The van der Waals surface area contributed by atoms with E-state index >= 15 is 0 Å². The molecule has 0 bridgehead atoms. The molecule has 5 nitrogen and oxygen atoms in total. The zero-order valence-electron chi connectivity index (χ0n) is 14.5. The average Bonchev–Trinajstić information content (AvgIpc) is 3.12. The van der Waals surface area contributed by atoms with E-state index < -0.39 is 0 Å². The van der Waals surface area contributed by atoms with Crippen molar-refractivity contribution < 1.29 is 13.7 Å². The van der Waals surface area contributed by atoms with Crippen LogP contribution in [0.15, 0.2) is 47.0 Å². The van der Waals surface area contributed by atoms with Gasteiger partial charge in [0.25, 0.3) is 0 Å². The van der Waals surface area contributed by atoms with Crippen molar-refractivity contribution in [2.24, 2.45) is 0 Å². The molecule has 3 aromatic rings. The van der Waals surface area contributed by atoms with Crippen molar-refractivity contribution >= 4 is 29.3 Å². The van der Waals surface area contributed by atoms with Crippen molar-refractivity contribution in [3.63, 3.8) is 0 Å². The highest BCUT2D eigenvalue weighted by molar-refractivity contribution is 7.99. The lowest BCUT2D eigenvalue weighted by atomic mass is 10.1. The van der Waals surface area contributed by atoms with Crippen molar-refractivity contribution in [2.45, 2.75) is 19.2 Å². The number of halogens is 2. The van der Waals surface area contributed by atoms with Gasteiger partial charge >= 0.3 is 0 Å². The molecule has 0 atom stereocenters. The third kappa shape index (κ3) is 5.30. The number of carbonyl (C=O) groups is 1. The van der Waals surface area contributed by atoms with Gasteiger partial charge in [-0.15, -0.1) is 11.8 Å². The van der Waals surface area contributed by atoms with Crippen molar-refractivity contribution in [3.05, 3.63) is 70.3 Å². The molecule has 1 amide bonds. The van der Waals surface area contributed by atoms with Crippen LogP contribution in [0.25, 0.3) is 11.4 Å². The number of amides is 1. The highest BCUT2D eigenvalue weighted by atomic mass is 35.5. The van der Waals surface area contributed by atoms with E-state index in [1.807, 2.05) is 31.2 Å². The smallest absolute Gasteiger partial charge is 0.246 e. The third-order valence-corrected chi connectivity index (χ3v) is 5.07. The van der Waals surface area contributed by atoms with E-state index in [0.717, 1.165) is 11.1 Å². The predicted molar refractivity (Wildman–Crippen MR) is 104 cm³/mol. The maximum atomic E-state index is 13.7. The predicted octanol–water partition coefficient (Wildman–Crippen LogP) is 4.39. The fourth-order valence-electron chi connectivity index (χ4n) is 2.29. The molecule has 140 valence electrons. The van der Waals surface area contributed by atoms with Crippen molar-refractivity contribution in [1.29, 1.82) is 0 Å². The van der Waals surface area contributed by atoms with Crippen LogP contribution in [0.1, 0.15) is 17.0 Å². The minimum atomic E-state index is -0.370. The van der Waals surface area contributed by atoms with Gasteiger partial charge in [0.05, 0.1) is 12.3 Å². The number of aromatic nitrogens is 2. The normalized spacial score (nSPS) is 10.8. The Morgan fingerprint density at radius 3 is 2.78 bits per heavy atom. The number of rotatable bonds is 7. The number of thioether (sulfide) groups is 1. The van der Waals surface area contributed by atoms with Crippen molar-refractivity contribution in [1.82, 2.24) is 15.5 Å². The molecule has 1 heterocycles. The van der Waals surface area contributed by atoms with E-state index in [-0.39, 0.29) is 24.0 Å².